The Bertz CT molecular complexity index is 557. The van der Waals surface area contributed by atoms with Crippen LogP contribution in [0.3, 0.4) is 0 Å². The van der Waals surface area contributed by atoms with Crippen molar-refractivity contribution in [2.75, 3.05) is 0 Å². The maximum Gasteiger partial charge on any atom is 0.102 e. The van der Waals surface area contributed by atoms with Crippen molar-refractivity contribution in [1.82, 2.24) is 15.0 Å². The molecule has 6 heteroatoms. The first-order valence-electron chi connectivity index (χ1n) is 5.49. The topological polar surface area (TPSA) is 56.7 Å². The van der Waals surface area contributed by atoms with E-state index in [1.807, 2.05) is 26.1 Å². The predicted molar refractivity (Wildman–Crippen MR) is 72.8 cm³/mol. The standard InChI is InChI=1S/C12H14Cl2N4/c1-12(2,15)11-7-18(17-16-11)6-8-5-9(13)3-4-10(8)14/h3-5,7H,6,15H2,1-2H3. The summed E-state index contributed by atoms with van der Waals surface area (Å²) in [6, 6.07) is 5.34. The molecule has 0 fully saturated rings. The minimum atomic E-state index is -0.504. The maximum absolute atomic E-state index is 6.10. The lowest BCUT2D eigenvalue weighted by atomic mass is 10.0. The summed E-state index contributed by atoms with van der Waals surface area (Å²) in [6.07, 6.45) is 1.82. The van der Waals surface area contributed by atoms with Gasteiger partial charge in [-0.2, -0.15) is 0 Å². The van der Waals surface area contributed by atoms with Crippen molar-refractivity contribution < 1.29 is 0 Å². The largest absolute Gasteiger partial charge is 0.320 e. The van der Waals surface area contributed by atoms with Crippen molar-refractivity contribution in [2.45, 2.75) is 25.9 Å². The molecule has 0 aliphatic heterocycles. The quantitative estimate of drug-likeness (QED) is 0.943. The third-order valence-corrected chi connectivity index (χ3v) is 3.14. The summed E-state index contributed by atoms with van der Waals surface area (Å²) in [7, 11) is 0. The number of nitrogens with zero attached hydrogens (tertiary/aromatic N) is 3. The second-order valence-corrected chi connectivity index (χ2v) is 5.60. The number of nitrogens with two attached hydrogens (primary N) is 1. The Morgan fingerprint density at radius 2 is 2.06 bits per heavy atom. The number of hydrogen-bond donors (Lipinski definition) is 1. The molecular formula is C12H14Cl2N4. The molecule has 0 aliphatic rings. The molecule has 96 valence electrons. The van der Waals surface area contributed by atoms with Crippen LogP contribution in [0, 0.1) is 0 Å². The molecule has 18 heavy (non-hydrogen) atoms. The van der Waals surface area contributed by atoms with Crippen molar-refractivity contribution >= 4 is 23.2 Å². The van der Waals surface area contributed by atoms with Crippen molar-refractivity contribution in [3.63, 3.8) is 0 Å². The van der Waals surface area contributed by atoms with E-state index in [4.69, 9.17) is 28.9 Å². The Hall–Kier alpha value is -1.10. The number of hydrogen-bond acceptors (Lipinski definition) is 3. The fourth-order valence-electron chi connectivity index (χ4n) is 1.51. The van der Waals surface area contributed by atoms with E-state index in [2.05, 4.69) is 10.3 Å². The number of aromatic nitrogens is 3. The molecule has 4 nitrogen and oxygen atoms in total. The van der Waals surface area contributed by atoms with Gasteiger partial charge >= 0.3 is 0 Å². The summed E-state index contributed by atoms with van der Waals surface area (Å²) >= 11 is 12.0. The lowest BCUT2D eigenvalue weighted by molar-refractivity contribution is 0.533. The summed E-state index contributed by atoms with van der Waals surface area (Å²) in [5.41, 5.74) is 7.09. The Kier molecular flexibility index (Phi) is 3.61. The third kappa shape index (κ3) is 3.02. The van der Waals surface area contributed by atoms with Gasteiger partial charge in [-0.15, -0.1) is 5.10 Å². The molecule has 0 bridgehead atoms. The molecule has 2 rings (SSSR count). The average molecular weight is 285 g/mol. The Labute approximate surface area is 116 Å². The van der Waals surface area contributed by atoms with Gasteiger partial charge in [-0.25, -0.2) is 4.68 Å². The summed E-state index contributed by atoms with van der Waals surface area (Å²) in [4.78, 5) is 0. The van der Waals surface area contributed by atoms with E-state index < -0.39 is 5.54 Å². The van der Waals surface area contributed by atoms with E-state index in [1.165, 1.54) is 0 Å². The zero-order valence-electron chi connectivity index (χ0n) is 10.2. The summed E-state index contributed by atoms with van der Waals surface area (Å²) in [5, 5.41) is 9.38. The van der Waals surface area contributed by atoms with Gasteiger partial charge in [-0.05, 0) is 37.6 Å². The third-order valence-electron chi connectivity index (χ3n) is 2.54. The molecule has 2 N–H and O–H groups in total. The van der Waals surface area contributed by atoms with E-state index in [0.717, 1.165) is 11.3 Å². The van der Waals surface area contributed by atoms with Gasteiger partial charge in [0.2, 0.25) is 0 Å². The predicted octanol–water partition coefficient (Wildman–Crippen LogP) is 2.83. The lowest BCUT2D eigenvalue weighted by Gasteiger charge is -2.13. The fraction of sp³-hybridized carbons (Fsp3) is 0.333. The Morgan fingerprint density at radius 3 is 2.67 bits per heavy atom. The van der Waals surface area contributed by atoms with Gasteiger partial charge in [0, 0.05) is 10.0 Å². The van der Waals surface area contributed by atoms with Crippen LogP contribution in [-0.4, -0.2) is 15.0 Å². The second kappa shape index (κ2) is 4.88. The number of rotatable bonds is 3. The van der Waals surface area contributed by atoms with Crippen LogP contribution in [-0.2, 0) is 12.1 Å². The van der Waals surface area contributed by atoms with Gasteiger partial charge < -0.3 is 5.73 Å². The highest BCUT2D eigenvalue weighted by Gasteiger charge is 2.18. The van der Waals surface area contributed by atoms with Crippen LogP contribution >= 0.6 is 23.2 Å². The Morgan fingerprint density at radius 1 is 1.33 bits per heavy atom. The number of halogens is 2. The van der Waals surface area contributed by atoms with Crippen molar-refractivity contribution in [3.05, 3.63) is 45.7 Å². The van der Waals surface area contributed by atoms with Gasteiger partial charge in [-0.3, -0.25) is 0 Å². The minimum absolute atomic E-state index is 0.504. The second-order valence-electron chi connectivity index (χ2n) is 4.76. The van der Waals surface area contributed by atoms with Crippen LogP contribution in [0.5, 0.6) is 0 Å². The van der Waals surface area contributed by atoms with Crippen LogP contribution in [0.1, 0.15) is 25.1 Å². The van der Waals surface area contributed by atoms with Gasteiger partial charge in [0.25, 0.3) is 0 Å². The zero-order chi connectivity index (χ0) is 13.3. The maximum atomic E-state index is 6.10. The van der Waals surface area contributed by atoms with E-state index in [9.17, 15) is 0 Å². The first-order valence-corrected chi connectivity index (χ1v) is 6.25. The molecule has 0 amide bonds. The van der Waals surface area contributed by atoms with Crippen LogP contribution in [0.4, 0.5) is 0 Å². The van der Waals surface area contributed by atoms with Crippen molar-refractivity contribution in [1.29, 1.82) is 0 Å². The van der Waals surface area contributed by atoms with Crippen LogP contribution < -0.4 is 5.73 Å². The highest BCUT2D eigenvalue weighted by molar-refractivity contribution is 6.33. The van der Waals surface area contributed by atoms with Gasteiger partial charge in [0.15, 0.2) is 0 Å². The zero-order valence-corrected chi connectivity index (χ0v) is 11.7. The first kappa shape index (κ1) is 13.3. The van der Waals surface area contributed by atoms with Gasteiger partial charge in [0.1, 0.15) is 5.69 Å². The summed E-state index contributed by atoms with van der Waals surface area (Å²) < 4.78 is 1.70. The molecule has 0 saturated heterocycles. The molecule has 0 atom stereocenters. The molecule has 1 heterocycles. The average Bonchev–Trinajstić information content (AvgIpc) is 2.71. The lowest BCUT2D eigenvalue weighted by Crippen LogP contribution is -2.29. The summed E-state index contributed by atoms with van der Waals surface area (Å²) in [6.45, 7) is 4.28. The van der Waals surface area contributed by atoms with Crippen molar-refractivity contribution in [3.8, 4) is 0 Å². The first-order chi connectivity index (χ1) is 8.36. The smallest absolute Gasteiger partial charge is 0.102 e. The van der Waals surface area contributed by atoms with Crippen LogP contribution in [0.15, 0.2) is 24.4 Å². The fourth-order valence-corrected chi connectivity index (χ4v) is 1.88. The Balaban J connectivity index is 2.24. The molecule has 0 radical (unpaired) electrons. The van der Waals surface area contributed by atoms with Gasteiger partial charge in [-0.1, -0.05) is 28.4 Å². The van der Waals surface area contributed by atoms with E-state index in [0.29, 0.717) is 16.6 Å². The van der Waals surface area contributed by atoms with E-state index in [1.54, 1.807) is 16.8 Å². The molecule has 2 aromatic rings. The molecule has 0 spiro atoms. The normalized spacial score (nSPS) is 11.8. The van der Waals surface area contributed by atoms with Gasteiger partial charge in [0.05, 0.1) is 18.3 Å². The van der Waals surface area contributed by atoms with E-state index in [-0.39, 0.29) is 0 Å². The highest BCUT2D eigenvalue weighted by atomic mass is 35.5. The van der Waals surface area contributed by atoms with Crippen LogP contribution in [0.25, 0.3) is 0 Å². The molecule has 1 aromatic heterocycles. The highest BCUT2D eigenvalue weighted by Crippen LogP contribution is 2.21. The van der Waals surface area contributed by atoms with E-state index >= 15 is 0 Å². The van der Waals surface area contributed by atoms with Crippen molar-refractivity contribution in [2.24, 2.45) is 5.73 Å². The summed E-state index contributed by atoms with van der Waals surface area (Å²) in [5.74, 6) is 0. The molecular weight excluding hydrogens is 271 g/mol. The minimum Gasteiger partial charge on any atom is -0.320 e. The molecule has 0 unspecified atom stereocenters. The number of benzene rings is 1. The molecule has 0 aliphatic carbocycles. The monoisotopic (exact) mass is 284 g/mol. The SMILES string of the molecule is CC(C)(N)c1cn(Cc2cc(Cl)ccc2Cl)nn1. The van der Waals surface area contributed by atoms with Crippen LogP contribution in [0.2, 0.25) is 10.0 Å². The molecule has 0 saturated carbocycles. The molecule has 1 aromatic carbocycles.